The maximum atomic E-state index is 10.7. The van der Waals surface area contributed by atoms with Gasteiger partial charge in [-0.25, -0.2) is 0 Å². The van der Waals surface area contributed by atoms with Gasteiger partial charge in [-0.15, -0.1) is 0 Å². The smallest absolute Gasteiger partial charge is 0.270 e. The van der Waals surface area contributed by atoms with Gasteiger partial charge in [0.2, 0.25) is 0 Å². The second kappa shape index (κ2) is 4.21. The highest BCUT2D eigenvalue weighted by Gasteiger charge is 2.11. The first-order valence-electron chi connectivity index (χ1n) is 4.99. The Morgan fingerprint density at radius 3 is 2.82 bits per heavy atom. The van der Waals surface area contributed by atoms with Crippen LogP contribution in [0.3, 0.4) is 0 Å². The van der Waals surface area contributed by atoms with Crippen molar-refractivity contribution < 1.29 is 10.0 Å². The van der Waals surface area contributed by atoms with Crippen LogP contribution in [-0.4, -0.2) is 15.0 Å². The molecule has 0 atom stereocenters. The molecule has 17 heavy (non-hydrogen) atoms. The number of rotatable bonds is 2. The molecule has 0 radical (unpaired) electrons. The SMILES string of the molecule is Cc1nccc(-c2cccc([N+](=O)[O-])c2)c1O. The van der Waals surface area contributed by atoms with E-state index < -0.39 is 4.92 Å². The molecule has 5 nitrogen and oxygen atoms in total. The van der Waals surface area contributed by atoms with E-state index in [9.17, 15) is 15.2 Å². The largest absolute Gasteiger partial charge is 0.505 e. The van der Waals surface area contributed by atoms with E-state index in [4.69, 9.17) is 0 Å². The van der Waals surface area contributed by atoms with Gasteiger partial charge >= 0.3 is 0 Å². The first kappa shape index (κ1) is 11.1. The molecule has 0 aliphatic rings. The Morgan fingerprint density at radius 1 is 1.35 bits per heavy atom. The van der Waals surface area contributed by atoms with Gasteiger partial charge in [0.1, 0.15) is 5.75 Å². The number of aromatic hydroxyl groups is 1. The number of nitro benzene ring substituents is 1. The standard InChI is InChI=1S/C12H10N2O3/c1-8-12(15)11(5-6-13-8)9-3-2-4-10(7-9)14(16)17/h2-7,15H,1H3. The molecule has 0 saturated heterocycles. The fraction of sp³-hybridized carbons (Fsp3) is 0.0833. The summed E-state index contributed by atoms with van der Waals surface area (Å²) in [7, 11) is 0. The van der Waals surface area contributed by atoms with E-state index in [2.05, 4.69) is 4.98 Å². The van der Waals surface area contributed by atoms with Crippen LogP contribution in [-0.2, 0) is 0 Å². The van der Waals surface area contributed by atoms with Gasteiger partial charge in [-0.05, 0) is 18.6 Å². The summed E-state index contributed by atoms with van der Waals surface area (Å²) in [6.07, 6.45) is 1.56. The lowest BCUT2D eigenvalue weighted by molar-refractivity contribution is -0.384. The van der Waals surface area contributed by atoms with Crippen LogP contribution in [0.1, 0.15) is 5.69 Å². The summed E-state index contributed by atoms with van der Waals surface area (Å²) in [5.74, 6) is 0.0491. The molecule has 1 aromatic carbocycles. The number of pyridine rings is 1. The van der Waals surface area contributed by atoms with E-state index in [-0.39, 0.29) is 11.4 Å². The highest BCUT2D eigenvalue weighted by molar-refractivity contribution is 5.72. The molecule has 1 heterocycles. The lowest BCUT2D eigenvalue weighted by atomic mass is 10.0. The van der Waals surface area contributed by atoms with Gasteiger partial charge in [-0.1, -0.05) is 12.1 Å². The maximum Gasteiger partial charge on any atom is 0.270 e. The number of non-ortho nitro benzene ring substituents is 1. The monoisotopic (exact) mass is 230 g/mol. The number of hydrogen-bond donors (Lipinski definition) is 1. The summed E-state index contributed by atoms with van der Waals surface area (Å²) in [6.45, 7) is 1.68. The van der Waals surface area contributed by atoms with Crippen molar-refractivity contribution in [2.24, 2.45) is 0 Å². The molecule has 86 valence electrons. The highest BCUT2D eigenvalue weighted by Crippen LogP contribution is 2.32. The van der Waals surface area contributed by atoms with E-state index in [1.54, 1.807) is 31.3 Å². The average Bonchev–Trinajstić information content (AvgIpc) is 2.33. The Balaban J connectivity index is 2.57. The molecular weight excluding hydrogens is 220 g/mol. The van der Waals surface area contributed by atoms with Crippen molar-refractivity contribution in [3.05, 3.63) is 52.3 Å². The zero-order chi connectivity index (χ0) is 12.4. The third-order valence-corrected chi connectivity index (χ3v) is 2.48. The van der Waals surface area contributed by atoms with Gasteiger partial charge in [-0.2, -0.15) is 0 Å². The van der Waals surface area contributed by atoms with Crippen molar-refractivity contribution in [2.45, 2.75) is 6.92 Å². The fourth-order valence-corrected chi connectivity index (χ4v) is 1.58. The van der Waals surface area contributed by atoms with Gasteiger partial charge in [0, 0.05) is 23.9 Å². The van der Waals surface area contributed by atoms with Crippen LogP contribution in [0.15, 0.2) is 36.5 Å². The van der Waals surface area contributed by atoms with Crippen molar-refractivity contribution in [3.8, 4) is 16.9 Å². The summed E-state index contributed by atoms with van der Waals surface area (Å²) in [4.78, 5) is 14.1. The number of hydrogen-bond acceptors (Lipinski definition) is 4. The number of benzene rings is 1. The highest BCUT2D eigenvalue weighted by atomic mass is 16.6. The van der Waals surface area contributed by atoms with Crippen LogP contribution in [0.5, 0.6) is 5.75 Å². The molecule has 1 aromatic heterocycles. The summed E-state index contributed by atoms with van der Waals surface area (Å²) >= 11 is 0. The molecule has 5 heteroatoms. The zero-order valence-corrected chi connectivity index (χ0v) is 9.12. The van der Waals surface area contributed by atoms with Crippen LogP contribution < -0.4 is 0 Å². The molecule has 0 amide bonds. The van der Waals surface area contributed by atoms with Crippen molar-refractivity contribution >= 4 is 5.69 Å². The molecule has 1 N–H and O–H groups in total. The molecule has 0 bridgehead atoms. The maximum absolute atomic E-state index is 10.7. The Kier molecular flexibility index (Phi) is 2.74. The Hall–Kier alpha value is -2.43. The lowest BCUT2D eigenvalue weighted by Crippen LogP contribution is -1.89. The van der Waals surface area contributed by atoms with E-state index in [1.165, 1.54) is 12.1 Å². The zero-order valence-electron chi connectivity index (χ0n) is 9.12. The first-order chi connectivity index (χ1) is 8.09. The Labute approximate surface area is 97.5 Å². The number of aryl methyl sites for hydroxylation is 1. The van der Waals surface area contributed by atoms with Crippen molar-refractivity contribution in [2.75, 3.05) is 0 Å². The third kappa shape index (κ3) is 2.08. The molecule has 2 aromatic rings. The summed E-state index contributed by atoms with van der Waals surface area (Å²) in [6, 6.07) is 7.76. The van der Waals surface area contributed by atoms with E-state index >= 15 is 0 Å². The second-order valence-electron chi connectivity index (χ2n) is 3.60. The topological polar surface area (TPSA) is 76.3 Å². The van der Waals surface area contributed by atoms with Gasteiger partial charge in [0.25, 0.3) is 5.69 Å². The predicted molar refractivity (Wildman–Crippen MR) is 62.7 cm³/mol. The molecule has 0 aliphatic heterocycles. The van der Waals surface area contributed by atoms with E-state index in [0.717, 1.165) is 0 Å². The first-order valence-corrected chi connectivity index (χ1v) is 4.99. The van der Waals surface area contributed by atoms with Gasteiger partial charge in [-0.3, -0.25) is 15.1 Å². The Bertz CT molecular complexity index is 582. The minimum atomic E-state index is -0.464. The third-order valence-electron chi connectivity index (χ3n) is 2.48. The molecular formula is C12H10N2O3. The van der Waals surface area contributed by atoms with E-state index in [0.29, 0.717) is 16.8 Å². The van der Waals surface area contributed by atoms with Crippen LogP contribution in [0.25, 0.3) is 11.1 Å². The van der Waals surface area contributed by atoms with Crippen LogP contribution in [0.4, 0.5) is 5.69 Å². The molecule has 0 saturated carbocycles. The Morgan fingerprint density at radius 2 is 2.12 bits per heavy atom. The second-order valence-corrected chi connectivity index (χ2v) is 3.60. The normalized spacial score (nSPS) is 10.2. The summed E-state index contributed by atoms with van der Waals surface area (Å²) in [5.41, 5.74) is 1.63. The van der Waals surface area contributed by atoms with Crippen LogP contribution >= 0.6 is 0 Å². The summed E-state index contributed by atoms with van der Waals surface area (Å²) < 4.78 is 0. The van der Waals surface area contributed by atoms with Crippen molar-refractivity contribution in [1.82, 2.24) is 4.98 Å². The number of nitro groups is 1. The molecule has 0 aliphatic carbocycles. The van der Waals surface area contributed by atoms with Gasteiger partial charge in [0.15, 0.2) is 0 Å². The predicted octanol–water partition coefficient (Wildman–Crippen LogP) is 2.67. The van der Waals surface area contributed by atoms with Gasteiger partial charge in [0.05, 0.1) is 10.6 Å². The number of nitrogens with zero attached hydrogens (tertiary/aromatic N) is 2. The molecule has 0 unspecified atom stereocenters. The fourth-order valence-electron chi connectivity index (χ4n) is 1.58. The molecule has 0 spiro atoms. The molecule has 0 fully saturated rings. The average molecular weight is 230 g/mol. The van der Waals surface area contributed by atoms with Crippen molar-refractivity contribution in [3.63, 3.8) is 0 Å². The van der Waals surface area contributed by atoms with Crippen LogP contribution in [0.2, 0.25) is 0 Å². The minimum absolute atomic E-state index is 0.00337. The van der Waals surface area contributed by atoms with Crippen molar-refractivity contribution in [1.29, 1.82) is 0 Å². The van der Waals surface area contributed by atoms with Gasteiger partial charge < -0.3 is 5.11 Å². The number of aromatic nitrogens is 1. The lowest BCUT2D eigenvalue weighted by Gasteiger charge is -2.06. The van der Waals surface area contributed by atoms with E-state index in [1.807, 2.05) is 0 Å². The quantitative estimate of drug-likeness (QED) is 0.635. The molecule has 2 rings (SSSR count). The van der Waals surface area contributed by atoms with Crippen LogP contribution in [0, 0.1) is 17.0 Å². The minimum Gasteiger partial charge on any atom is -0.505 e. The summed E-state index contributed by atoms with van der Waals surface area (Å²) in [5, 5.41) is 20.5.